The topological polar surface area (TPSA) is 160 Å². The Hall–Kier alpha value is -1.33. The fourth-order valence-corrected chi connectivity index (χ4v) is 4.65. The molecule has 1 aromatic heterocycles. The summed E-state index contributed by atoms with van der Waals surface area (Å²) in [6, 6.07) is 1.26. The van der Waals surface area contributed by atoms with Crippen molar-refractivity contribution < 1.29 is 24.0 Å². The number of aromatic amines is 1. The second kappa shape index (κ2) is 8.58. The van der Waals surface area contributed by atoms with Gasteiger partial charge in [-0.2, -0.15) is 0 Å². The summed E-state index contributed by atoms with van der Waals surface area (Å²) >= 11 is 0. The lowest BCUT2D eigenvalue weighted by atomic mass is 10.1. The minimum absolute atomic E-state index is 0.147. The van der Waals surface area contributed by atoms with Crippen LogP contribution in [0.3, 0.4) is 0 Å². The van der Waals surface area contributed by atoms with E-state index in [1.807, 2.05) is 0 Å². The monoisotopic (exact) mass is 418 g/mol. The lowest BCUT2D eigenvalue weighted by Crippen LogP contribution is -2.37. The molecule has 0 spiro atoms. The zero-order valence-electron chi connectivity index (χ0n) is 15.6. The smallest absolute Gasteiger partial charge is 0.330 e. The first kappa shape index (κ1) is 21.4. The van der Waals surface area contributed by atoms with Crippen LogP contribution in [-0.2, 0) is 13.8 Å². The van der Waals surface area contributed by atoms with Crippen LogP contribution in [-0.4, -0.2) is 88.1 Å². The molecule has 11 nitrogen and oxygen atoms in total. The molecule has 158 valence electrons. The number of hydrogen-bond acceptors (Lipinski definition) is 9. The molecule has 2 aliphatic heterocycles. The van der Waals surface area contributed by atoms with Crippen molar-refractivity contribution in [2.75, 3.05) is 39.1 Å². The van der Waals surface area contributed by atoms with Crippen molar-refractivity contribution in [1.82, 2.24) is 14.5 Å². The van der Waals surface area contributed by atoms with Gasteiger partial charge in [-0.3, -0.25) is 18.9 Å². The molecular formula is C16H27N4O7P. The predicted molar refractivity (Wildman–Crippen MR) is 101 cm³/mol. The average Bonchev–Trinajstić information content (AvgIpc) is 3.16. The van der Waals surface area contributed by atoms with Gasteiger partial charge in [0, 0.05) is 44.2 Å². The Morgan fingerprint density at radius 1 is 1.39 bits per heavy atom. The van der Waals surface area contributed by atoms with E-state index in [2.05, 4.69) is 9.88 Å². The molecule has 0 amide bonds. The molecule has 3 unspecified atom stereocenters. The Morgan fingerprint density at radius 3 is 2.79 bits per heavy atom. The predicted octanol–water partition coefficient (Wildman–Crippen LogP) is -1.89. The number of aliphatic hydroxyl groups excluding tert-OH is 2. The van der Waals surface area contributed by atoms with E-state index in [9.17, 15) is 24.4 Å². The molecule has 0 aromatic carbocycles. The Morgan fingerprint density at radius 2 is 2.14 bits per heavy atom. The molecule has 1 aromatic rings. The van der Waals surface area contributed by atoms with Crippen LogP contribution in [0.5, 0.6) is 0 Å². The summed E-state index contributed by atoms with van der Waals surface area (Å²) in [6.07, 6.45) is -2.45. The number of rotatable bonds is 7. The number of ether oxygens (including phenoxy) is 1. The van der Waals surface area contributed by atoms with E-state index in [4.69, 9.17) is 15.0 Å². The van der Waals surface area contributed by atoms with Crippen molar-refractivity contribution >= 4 is 7.37 Å². The fourth-order valence-electron chi connectivity index (χ4n) is 3.41. The summed E-state index contributed by atoms with van der Waals surface area (Å²) in [7, 11) is -2.94. The quantitative estimate of drug-likeness (QED) is 0.371. The highest BCUT2D eigenvalue weighted by molar-refractivity contribution is 7.58. The van der Waals surface area contributed by atoms with Crippen LogP contribution in [0.1, 0.15) is 12.6 Å². The molecule has 12 heteroatoms. The van der Waals surface area contributed by atoms with Crippen molar-refractivity contribution in [2.45, 2.75) is 37.0 Å². The number of nitrogens with zero attached hydrogens (tertiary/aromatic N) is 2. The zero-order chi connectivity index (χ0) is 20.5. The first-order chi connectivity index (χ1) is 13.2. The van der Waals surface area contributed by atoms with Crippen LogP contribution < -0.4 is 17.0 Å². The van der Waals surface area contributed by atoms with E-state index in [1.165, 1.54) is 12.9 Å². The van der Waals surface area contributed by atoms with E-state index in [0.717, 1.165) is 30.1 Å². The lowest BCUT2D eigenvalue weighted by molar-refractivity contribution is -0.0512. The van der Waals surface area contributed by atoms with Crippen molar-refractivity contribution in [1.29, 1.82) is 0 Å². The summed E-state index contributed by atoms with van der Waals surface area (Å²) in [4.78, 5) is 27.2. The van der Waals surface area contributed by atoms with Crippen molar-refractivity contribution in [2.24, 2.45) is 5.73 Å². The van der Waals surface area contributed by atoms with Crippen LogP contribution in [0, 0.1) is 0 Å². The first-order valence-electron chi connectivity index (χ1n) is 9.18. The summed E-state index contributed by atoms with van der Waals surface area (Å²) in [6.45, 7) is 3.57. The Bertz CT molecular complexity index is 843. The molecule has 0 aliphatic carbocycles. The minimum Gasteiger partial charge on any atom is -0.387 e. The highest BCUT2D eigenvalue weighted by atomic mass is 31.2. The third-order valence-electron chi connectivity index (χ3n) is 5.11. The highest BCUT2D eigenvalue weighted by Crippen LogP contribution is 2.43. The Kier molecular flexibility index (Phi) is 6.55. The van der Waals surface area contributed by atoms with Gasteiger partial charge in [0.1, 0.15) is 18.3 Å². The number of aromatic nitrogens is 2. The maximum atomic E-state index is 12.7. The third-order valence-corrected chi connectivity index (χ3v) is 6.81. The number of nitrogens with one attached hydrogen (secondary N) is 1. The lowest BCUT2D eigenvalue weighted by Gasteiger charge is -2.21. The van der Waals surface area contributed by atoms with E-state index >= 15 is 0 Å². The van der Waals surface area contributed by atoms with Gasteiger partial charge in [-0.25, -0.2) is 4.79 Å². The van der Waals surface area contributed by atoms with E-state index < -0.39 is 43.2 Å². The third kappa shape index (κ3) is 4.98. The average molecular weight is 418 g/mol. The Balaban J connectivity index is 1.56. The van der Waals surface area contributed by atoms with Crippen LogP contribution in [0.25, 0.3) is 0 Å². The number of hydrogen-bond donors (Lipinski definition) is 4. The summed E-state index contributed by atoms with van der Waals surface area (Å²) in [5, 5.41) is 20.4. The van der Waals surface area contributed by atoms with Gasteiger partial charge >= 0.3 is 5.69 Å². The fraction of sp³-hybridized carbons (Fsp3) is 0.750. The maximum Gasteiger partial charge on any atom is 0.330 e. The largest absolute Gasteiger partial charge is 0.387 e. The summed E-state index contributed by atoms with van der Waals surface area (Å²) < 4.78 is 24.7. The summed E-state index contributed by atoms with van der Waals surface area (Å²) in [5.41, 5.74) is 4.51. The van der Waals surface area contributed by atoms with Crippen molar-refractivity contribution in [3.63, 3.8) is 0 Å². The van der Waals surface area contributed by atoms with E-state index in [0.29, 0.717) is 12.7 Å². The van der Waals surface area contributed by atoms with Gasteiger partial charge in [-0.1, -0.05) is 0 Å². The minimum atomic E-state index is -2.94. The molecular weight excluding hydrogens is 391 g/mol. The van der Waals surface area contributed by atoms with E-state index in [1.54, 1.807) is 0 Å². The molecule has 28 heavy (non-hydrogen) atoms. The number of H-pyrrole nitrogens is 1. The molecule has 5 N–H and O–H groups in total. The molecule has 3 heterocycles. The standard InChI is InChI=1S/C16H27N4O7P/c1-28(25,7-6-19-4-2-10(17)8-19)26-9-11-13(22)14(23)15(27-11)20-5-3-12(21)18-16(20)24/h3,5,10-11,13-15,22-23H,2,4,6-9,17H2,1H3,(H,18,21,24)/t10?,11-,13?,14+,15-,28?/m1/s1. The number of aliphatic hydroxyl groups is 2. The Labute approximate surface area is 161 Å². The van der Waals surface area contributed by atoms with Gasteiger partial charge in [0.15, 0.2) is 6.23 Å². The van der Waals surface area contributed by atoms with Crippen LogP contribution >= 0.6 is 7.37 Å². The second-order valence-electron chi connectivity index (χ2n) is 7.45. The van der Waals surface area contributed by atoms with Gasteiger partial charge < -0.3 is 30.1 Å². The molecule has 2 saturated heterocycles. The molecule has 0 bridgehead atoms. The van der Waals surface area contributed by atoms with Gasteiger partial charge in [0.25, 0.3) is 5.56 Å². The second-order valence-corrected chi connectivity index (χ2v) is 10.2. The zero-order valence-corrected chi connectivity index (χ0v) is 16.5. The van der Waals surface area contributed by atoms with Crippen LogP contribution in [0.4, 0.5) is 0 Å². The van der Waals surface area contributed by atoms with Gasteiger partial charge in [0.05, 0.1) is 6.61 Å². The SMILES string of the molecule is CP(=O)(CCN1CCC(N)C1)OC[C@H]1O[C@@H](n2ccc(=O)[nH]c2=O)[C@@H](O)C1O. The number of nitrogens with two attached hydrogens (primary N) is 1. The van der Waals surface area contributed by atoms with Gasteiger partial charge in [-0.15, -0.1) is 0 Å². The first-order valence-corrected chi connectivity index (χ1v) is 11.4. The molecule has 6 atom stereocenters. The highest BCUT2D eigenvalue weighted by Gasteiger charge is 2.44. The molecule has 3 rings (SSSR count). The van der Waals surface area contributed by atoms with Crippen LogP contribution in [0.15, 0.2) is 21.9 Å². The summed E-state index contributed by atoms with van der Waals surface area (Å²) in [5.74, 6) is 0. The van der Waals surface area contributed by atoms with Crippen molar-refractivity contribution in [3.8, 4) is 0 Å². The number of likely N-dealkylation sites (tertiary alicyclic amines) is 1. The molecule has 2 fully saturated rings. The molecule has 0 radical (unpaired) electrons. The van der Waals surface area contributed by atoms with Gasteiger partial charge in [-0.05, 0) is 13.0 Å². The van der Waals surface area contributed by atoms with Crippen LogP contribution in [0.2, 0.25) is 0 Å². The van der Waals surface area contributed by atoms with Crippen molar-refractivity contribution in [3.05, 3.63) is 33.1 Å². The molecule has 0 saturated carbocycles. The normalized spacial score (nSPS) is 33.2. The van der Waals surface area contributed by atoms with Gasteiger partial charge in [0.2, 0.25) is 7.37 Å². The maximum absolute atomic E-state index is 12.7. The molecule has 2 aliphatic rings. The van der Waals surface area contributed by atoms with E-state index in [-0.39, 0.29) is 12.6 Å².